The molecule has 0 aromatic heterocycles. The van der Waals surface area contributed by atoms with Gasteiger partial charge in [0.2, 0.25) is 0 Å². The van der Waals surface area contributed by atoms with Crippen LogP contribution in [-0.2, 0) is 4.74 Å². The van der Waals surface area contributed by atoms with Gasteiger partial charge < -0.3 is 10.1 Å². The van der Waals surface area contributed by atoms with Crippen LogP contribution in [0.5, 0.6) is 0 Å². The van der Waals surface area contributed by atoms with Crippen LogP contribution in [0.3, 0.4) is 0 Å². The predicted molar refractivity (Wildman–Crippen MR) is 76.9 cm³/mol. The number of unbranched alkanes of at least 4 members (excludes halogenated alkanes) is 7. The summed E-state index contributed by atoms with van der Waals surface area (Å²) >= 11 is 0. The monoisotopic (exact) mass is 253 g/mol. The third-order valence-electron chi connectivity index (χ3n) is 4.54. The molecule has 0 aliphatic carbocycles. The van der Waals surface area contributed by atoms with Gasteiger partial charge in [0, 0.05) is 6.04 Å². The zero-order valence-corrected chi connectivity index (χ0v) is 12.1. The Bertz CT molecular complexity index is 219. The zero-order valence-electron chi connectivity index (χ0n) is 12.1. The van der Waals surface area contributed by atoms with Crippen molar-refractivity contribution in [3.63, 3.8) is 0 Å². The van der Waals surface area contributed by atoms with Gasteiger partial charge in [-0.1, -0.05) is 51.9 Å². The lowest BCUT2D eigenvalue weighted by molar-refractivity contribution is 0.0974. The topological polar surface area (TPSA) is 21.3 Å². The van der Waals surface area contributed by atoms with Gasteiger partial charge in [-0.15, -0.1) is 0 Å². The summed E-state index contributed by atoms with van der Waals surface area (Å²) in [7, 11) is 0. The van der Waals surface area contributed by atoms with Crippen molar-refractivity contribution >= 4 is 0 Å². The highest BCUT2D eigenvalue weighted by Crippen LogP contribution is 2.34. The molecule has 0 aromatic rings. The van der Waals surface area contributed by atoms with E-state index in [2.05, 4.69) is 12.2 Å². The summed E-state index contributed by atoms with van der Waals surface area (Å²) in [6.45, 7) is 3.48. The van der Waals surface area contributed by atoms with Gasteiger partial charge in [0.1, 0.15) is 0 Å². The Balaban J connectivity index is 1.36. The highest BCUT2D eigenvalue weighted by atomic mass is 16.5. The van der Waals surface area contributed by atoms with Gasteiger partial charge in [-0.25, -0.2) is 0 Å². The summed E-state index contributed by atoms with van der Waals surface area (Å²) in [5, 5.41) is 3.70. The normalized spacial score (nSPS) is 30.2. The lowest BCUT2D eigenvalue weighted by Gasteiger charge is -2.19. The molecule has 2 heterocycles. The second-order valence-corrected chi connectivity index (χ2v) is 6.15. The molecule has 2 heteroatoms. The largest absolute Gasteiger partial charge is 0.373 e. The van der Waals surface area contributed by atoms with E-state index < -0.39 is 0 Å². The van der Waals surface area contributed by atoms with Crippen LogP contribution in [0.15, 0.2) is 0 Å². The van der Waals surface area contributed by atoms with E-state index in [0.29, 0.717) is 18.2 Å². The molecular weight excluding hydrogens is 222 g/mol. The molecule has 3 atom stereocenters. The Hall–Kier alpha value is -0.0800. The maximum Gasteiger partial charge on any atom is 0.0733 e. The average Bonchev–Trinajstić information content (AvgIpc) is 2.99. The number of hydrogen-bond donors (Lipinski definition) is 1. The second kappa shape index (κ2) is 8.16. The van der Waals surface area contributed by atoms with Crippen molar-refractivity contribution in [3.05, 3.63) is 0 Å². The van der Waals surface area contributed by atoms with Crippen molar-refractivity contribution in [3.8, 4) is 0 Å². The highest BCUT2D eigenvalue weighted by molar-refractivity contribution is 4.93. The van der Waals surface area contributed by atoms with Crippen molar-refractivity contribution in [2.24, 2.45) is 0 Å². The quantitative estimate of drug-likeness (QED) is 0.593. The number of nitrogens with one attached hydrogen (secondary N) is 1. The first-order chi connectivity index (χ1) is 8.90. The maximum atomic E-state index is 5.86. The van der Waals surface area contributed by atoms with E-state index in [9.17, 15) is 0 Å². The molecule has 2 bridgehead atoms. The van der Waals surface area contributed by atoms with E-state index in [1.54, 1.807) is 0 Å². The van der Waals surface area contributed by atoms with Crippen molar-refractivity contribution in [2.45, 2.75) is 95.8 Å². The molecule has 0 aromatic carbocycles. The number of rotatable bonds is 10. The van der Waals surface area contributed by atoms with Crippen LogP contribution in [0.2, 0.25) is 0 Å². The molecule has 2 saturated heterocycles. The fourth-order valence-electron chi connectivity index (χ4n) is 3.40. The minimum absolute atomic E-state index is 0.545. The molecule has 0 spiro atoms. The Kier molecular flexibility index (Phi) is 6.50. The molecule has 0 amide bonds. The Morgan fingerprint density at radius 1 is 0.944 bits per heavy atom. The second-order valence-electron chi connectivity index (χ2n) is 6.15. The van der Waals surface area contributed by atoms with Gasteiger partial charge >= 0.3 is 0 Å². The molecule has 2 nitrogen and oxygen atoms in total. The van der Waals surface area contributed by atoms with Crippen LogP contribution in [0.25, 0.3) is 0 Å². The zero-order chi connectivity index (χ0) is 12.6. The molecule has 0 radical (unpaired) electrons. The van der Waals surface area contributed by atoms with Gasteiger partial charge in [-0.3, -0.25) is 0 Å². The summed E-state index contributed by atoms with van der Waals surface area (Å²) in [4.78, 5) is 0. The summed E-state index contributed by atoms with van der Waals surface area (Å²) in [5.74, 6) is 0. The Labute approximate surface area is 113 Å². The lowest BCUT2D eigenvalue weighted by Crippen LogP contribution is -2.37. The van der Waals surface area contributed by atoms with Crippen molar-refractivity contribution in [1.82, 2.24) is 5.32 Å². The summed E-state index contributed by atoms with van der Waals surface area (Å²) < 4.78 is 5.86. The molecule has 3 unspecified atom stereocenters. The molecule has 1 N–H and O–H groups in total. The van der Waals surface area contributed by atoms with Gasteiger partial charge in [0.05, 0.1) is 12.2 Å². The van der Waals surface area contributed by atoms with E-state index in [4.69, 9.17) is 4.74 Å². The van der Waals surface area contributed by atoms with E-state index in [1.165, 1.54) is 77.2 Å². The minimum Gasteiger partial charge on any atom is -0.373 e. The van der Waals surface area contributed by atoms with E-state index in [0.717, 1.165) is 0 Å². The van der Waals surface area contributed by atoms with Crippen LogP contribution in [0.1, 0.15) is 77.6 Å². The molecule has 2 aliphatic rings. The first-order valence-corrected chi connectivity index (χ1v) is 8.29. The van der Waals surface area contributed by atoms with Crippen LogP contribution in [0.4, 0.5) is 0 Å². The lowest BCUT2D eigenvalue weighted by atomic mass is 9.95. The molecular formula is C16H31NO. The third kappa shape index (κ3) is 4.55. The van der Waals surface area contributed by atoms with Gasteiger partial charge in [-0.05, 0) is 32.2 Å². The highest BCUT2D eigenvalue weighted by Gasteiger charge is 2.40. The first kappa shape index (κ1) is 14.3. The predicted octanol–water partition coefficient (Wildman–Crippen LogP) is 4.04. The van der Waals surface area contributed by atoms with Gasteiger partial charge in [0.25, 0.3) is 0 Å². The molecule has 18 heavy (non-hydrogen) atoms. The standard InChI is InChI=1S/C16H31NO/c1-2-3-4-5-6-7-8-9-12-17-15-13-14-10-11-16(15)18-14/h14-17H,2-13H2,1H3. The fourth-order valence-corrected chi connectivity index (χ4v) is 3.40. The Morgan fingerprint density at radius 3 is 2.28 bits per heavy atom. The molecule has 0 saturated carbocycles. The molecule has 106 valence electrons. The van der Waals surface area contributed by atoms with Crippen molar-refractivity contribution in [1.29, 1.82) is 0 Å². The van der Waals surface area contributed by atoms with Crippen LogP contribution >= 0.6 is 0 Å². The van der Waals surface area contributed by atoms with Crippen LogP contribution in [0, 0.1) is 0 Å². The van der Waals surface area contributed by atoms with Crippen molar-refractivity contribution < 1.29 is 4.74 Å². The fraction of sp³-hybridized carbons (Fsp3) is 1.00. The molecule has 2 rings (SSSR count). The number of ether oxygens (including phenoxy) is 1. The van der Waals surface area contributed by atoms with E-state index in [1.807, 2.05) is 0 Å². The number of fused-ring (bicyclic) bond motifs is 2. The summed E-state index contributed by atoms with van der Waals surface area (Å²) in [5.41, 5.74) is 0. The van der Waals surface area contributed by atoms with Crippen LogP contribution in [-0.4, -0.2) is 24.8 Å². The maximum absolute atomic E-state index is 5.86. The summed E-state index contributed by atoms with van der Waals surface area (Å²) in [6.07, 6.45) is 16.3. The minimum atomic E-state index is 0.545. The number of hydrogen-bond acceptors (Lipinski definition) is 2. The van der Waals surface area contributed by atoms with E-state index >= 15 is 0 Å². The summed E-state index contributed by atoms with van der Waals surface area (Å²) in [6, 6.07) is 0.674. The molecule has 2 fully saturated rings. The molecule has 2 aliphatic heterocycles. The van der Waals surface area contributed by atoms with Gasteiger partial charge in [-0.2, -0.15) is 0 Å². The SMILES string of the molecule is CCCCCCCCCCNC1CC2CCC1O2. The van der Waals surface area contributed by atoms with Gasteiger partial charge in [0.15, 0.2) is 0 Å². The van der Waals surface area contributed by atoms with E-state index in [-0.39, 0.29) is 0 Å². The Morgan fingerprint density at radius 2 is 1.67 bits per heavy atom. The average molecular weight is 253 g/mol. The first-order valence-electron chi connectivity index (χ1n) is 8.29. The van der Waals surface area contributed by atoms with Crippen molar-refractivity contribution in [2.75, 3.05) is 6.54 Å². The smallest absolute Gasteiger partial charge is 0.0733 e. The van der Waals surface area contributed by atoms with Crippen LogP contribution < -0.4 is 5.32 Å². The third-order valence-corrected chi connectivity index (χ3v) is 4.54.